The summed E-state index contributed by atoms with van der Waals surface area (Å²) in [6, 6.07) is 9.77. The van der Waals surface area contributed by atoms with Crippen LogP contribution in [0.2, 0.25) is 0 Å². The van der Waals surface area contributed by atoms with Crippen molar-refractivity contribution in [3.8, 4) is 0 Å². The van der Waals surface area contributed by atoms with Gasteiger partial charge in [0.05, 0.1) is 26.2 Å². The first-order valence-corrected chi connectivity index (χ1v) is 3.92. The maximum Gasteiger partial charge on any atom is 0.0987 e. The van der Waals surface area contributed by atoms with Crippen molar-refractivity contribution >= 4 is 0 Å². The van der Waals surface area contributed by atoms with Crippen molar-refractivity contribution in [3.63, 3.8) is 0 Å². The van der Waals surface area contributed by atoms with E-state index in [0.717, 1.165) is 11.0 Å². The molecule has 0 aromatic heterocycles. The fourth-order valence-corrected chi connectivity index (χ4v) is 0.881. The van der Waals surface area contributed by atoms with Crippen molar-refractivity contribution in [2.45, 2.75) is 6.61 Å². The molecule has 0 N–H and O–H groups in total. The molecule has 0 heterocycles. The van der Waals surface area contributed by atoms with Gasteiger partial charge in [-0.2, -0.15) is 0 Å². The Hall–Kier alpha value is -0.940. The Bertz CT molecular complexity index is 224. The van der Waals surface area contributed by atoms with E-state index in [0.29, 0.717) is 6.61 Å². The monoisotopic (exact) mass is 183 g/mol. The lowest BCUT2D eigenvalue weighted by atomic mass is 10.2. The molecule has 0 fully saturated rings. The molecule has 1 aromatic carbocycles. The SMILES string of the molecule is CON(OC)OCc1ccccc1. The highest BCUT2D eigenvalue weighted by Gasteiger charge is 2.01. The minimum absolute atomic E-state index is 0.419. The maximum absolute atomic E-state index is 5.12. The fraction of sp³-hybridized carbons (Fsp3) is 0.333. The van der Waals surface area contributed by atoms with Crippen molar-refractivity contribution < 1.29 is 14.5 Å². The quantitative estimate of drug-likeness (QED) is 0.648. The van der Waals surface area contributed by atoms with Gasteiger partial charge in [0.1, 0.15) is 0 Å². The molecule has 1 aromatic rings. The predicted octanol–water partition coefficient (Wildman–Crippen LogP) is 1.54. The number of hydrogen-bond donors (Lipinski definition) is 0. The van der Waals surface area contributed by atoms with E-state index in [9.17, 15) is 0 Å². The molecule has 4 nitrogen and oxygen atoms in total. The number of hydrogen-bond acceptors (Lipinski definition) is 4. The second-order valence-corrected chi connectivity index (χ2v) is 2.35. The minimum Gasteiger partial charge on any atom is -0.254 e. The van der Waals surface area contributed by atoms with Crippen molar-refractivity contribution in [2.75, 3.05) is 14.2 Å². The summed E-state index contributed by atoms with van der Waals surface area (Å²) in [6.07, 6.45) is 0. The summed E-state index contributed by atoms with van der Waals surface area (Å²) in [5, 5.41) is 0.951. The number of benzene rings is 1. The Labute approximate surface area is 77.5 Å². The first kappa shape index (κ1) is 10.1. The third kappa shape index (κ3) is 3.52. The van der Waals surface area contributed by atoms with Gasteiger partial charge in [-0.1, -0.05) is 30.3 Å². The van der Waals surface area contributed by atoms with Crippen LogP contribution in [0.5, 0.6) is 0 Å². The lowest BCUT2D eigenvalue weighted by molar-refractivity contribution is -0.515. The van der Waals surface area contributed by atoms with Crippen molar-refractivity contribution in [3.05, 3.63) is 35.9 Å². The van der Waals surface area contributed by atoms with Gasteiger partial charge in [0, 0.05) is 0 Å². The molecule has 0 radical (unpaired) electrons. The Kier molecular flexibility index (Phi) is 4.42. The fourth-order valence-electron chi connectivity index (χ4n) is 0.881. The molecular formula is C9H13NO3. The van der Waals surface area contributed by atoms with Crippen molar-refractivity contribution in [2.24, 2.45) is 0 Å². The van der Waals surface area contributed by atoms with Crippen LogP contribution < -0.4 is 0 Å². The van der Waals surface area contributed by atoms with E-state index in [-0.39, 0.29) is 0 Å². The Morgan fingerprint density at radius 1 is 1.08 bits per heavy atom. The molecule has 4 heteroatoms. The van der Waals surface area contributed by atoms with Gasteiger partial charge in [-0.3, -0.25) is 9.68 Å². The lowest BCUT2D eigenvalue weighted by Gasteiger charge is -2.14. The summed E-state index contributed by atoms with van der Waals surface area (Å²) in [5.41, 5.74) is 1.06. The van der Waals surface area contributed by atoms with E-state index >= 15 is 0 Å². The largest absolute Gasteiger partial charge is 0.254 e. The molecule has 0 spiro atoms. The molecule has 0 saturated carbocycles. The standard InChI is InChI=1S/C9H13NO3/c1-11-10(12-2)13-8-9-6-4-3-5-7-9/h3-7H,8H2,1-2H3. The molecule has 72 valence electrons. The van der Waals surface area contributed by atoms with Gasteiger partial charge in [-0.25, -0.2) is 4.84 Å². The Balaban J connectivity index is 2.34. The molecule has 1 rings (SSSR count). The topological polar surface area (TPSA) is 30.9 Å². The highest BCUT2D eigenvalue weighted by atomic mass is 17.2. The number of rotatable bonds is 5. The van der Waals surface area contributed by atoms with Crippen LogP contribution in [0.1, 0.15) is 5.56 Å². The first-order chi connectivity index (χ1) is 6.36. The van der Waals surface area contributed by atoms with E-state index in [4.69, 9.17) is 14.5 Å². The summed E-state index contributed by atoms with van der Waals surface area (Å²) in [5.74, 6) is 0. The molecule has 0 aliphatic carbocycles. The molecule has 0 saturated heterocycles. The summed E-state index contributed by atoms with van der Waals surface area (Å²) < 4.78 is 0. The summed E-state index contributed by atoms with van der Waals surface area (Å²) in [4.78, 5) is 14.5. The lowest BCUT2D eigenvalue weighted by Crippen LogP contribution is -2.21. The van der Waals surface area contributed by atoms with Crippen LogP contribution in [-0.4, -0.2) is 19.6 Å². The first-order valence-electron chi connectivity index (χ1n) is 3.92. The molecule has 13 heavy (non-hydrogen) atoms. The highest BCUT2D eigenvalue weighted by Crippen LogP contribution is 2.02. The average Bonchev–Trinajstić information content (AvgIpc) is 2.21. The summed E-state index contributed by atoms with van der Waals surface area (Å²) in [7, 11) is 2.93. The number of nitrogens with zero attached hydrogens (tertiary/aromatic N) is 1. The van der Waals surface area contributed by atoms with E-state index in [1.54, 1.807) is 0 Å². The van der Waals surface area contributed by atoms with E-state index in [2.05, 4.69) is 0 Å². The zero-order valence-electron chi connectivity index (χ0n) is 7.77. The second-order valence-electron chi connectivity index (χ2n) is 2.35. The van der Waals surface area contributed by atoms with Gasteiger partial charge >= 0.3 is 0 Å². The minimum atomic E-state index is 0.419. The van der Waals surface area contributed by atoms with Crippen molar-refractivity contribution in [1.29, 1.82) is 0 Å². The third-order valence-corrected chi connectivity index (χ3v) is 1.48. The van der Waals surface area contributed by atoms with E-state index in [1.165, 1.54) is 14.2 Å². The highest BCUT2D eigenvalue weighted by molar-refractivity contribution is 5.13. The zero-order valence-corrected chi connectivity index (χ0v) is 7.77. The van der Waals surface area contributed by atoms with E-state index < -0.39 is 0 Å². The van der Waals surface area contributed by atoms with Crippen LogP contribution in [0, 0.1) is 0 Å². The average molecular weight is 183 g/mol. The van der Waals surface area contributed by atoms with Crippen LogP contribution in [0.15, 0.2) is 30.3 Å². The van der Waals surface area contributed by atoms with Crippen molar-refractivity contribution in [1.82, 2.24) is 5.39 Å². The second kappa shape index (κ2) is 5.66. The predicted molar refractivity (Wildman–Crippen MR) is 47.1 cm³/mol. The van der Waals surface area contributed by atoms with Crippen LogP contribution >= 0.6 is 0 Å². The molecular weight excluding hydrogens is 170 g/mol. The molecule has 0 amide bonds. The van der Waals surface area contributed by atoms with Crippen LogP contribution in [-0.2, 0) is 21.1 Å². The Morgan fingerprint density at radius 2 is 1.69 bits per heavy atom. The molecule has 0 bridgehead atoms. The van der Waals surface area contributed by atoms with Gasteiger partial charge in [-0.15, -0.1) is 0 Å². The van der Waals surface area contributed by atoms with Gasteiger partial charge in [0.15, 0.2) is 0 Å². The smallest absolute Gasteiger partial charge is 0.0987 e. The van der Waals surface area contributed by atoms with Crippen LogP contribution in [0.25, 0.3) is 0 Å². The summed E-state index contributed by atoms with van der Waals surface area (Å²) >= 11 is 0. The zero-order chi connectivity index (χ0) is 9.52. The maximum atomic E-state index is 5.12. The third-order valence-electron chi connectivity index (χ3n) is 1.48. The van der Waals surface area contributed by atoms with Gasteiger partial charge in [0.2, 0.25) is 0 Å². The van der Waals surface area contributed by atoms with Gasteiger partial charge in [-0.05, 0) is 5.56 Å². The molecule has 0 aliphatic rings. The van der Waals surface area contributed by atoms with Crippen LogP contribution in [0.3, 0.4) is 0 Å². The van der Waals surface area contributed by atoms with Gasteiger partial charge in [0.25, 0.3) is 0 Å². The van der Waals surface area contributed by atoms with E-state index in [1.807, 2.05) is 30.3 Å². The summed E-state index contributed by atoms with van der Waals surface area (Å²) in [6.45, 7) is 0.419. The molecule has 0 atom stereocenters. The van der Waals surface area contributed by atoms with Gasteiger partial charge < -0.3 is 0 Å². The Morgan fingerprint density at radius 3 is 2.23 bits per heavy atom. The molecule has 0 unspecified atom stereocenters. The molecule has 0 aliphatic heterocycles. The normalized spacial score (nSPS) is 10.7. The van der Waals surface area contributed by atoms with Crippen LogP contribution in [0.4, 0.5) is 0 Å².